The van der Waals surface area contributed by atoms with Crippen LogP contribution < -0.4 is 10.6 Å². The van der Waals surface area contributed by atoms with Gasteiger partial charge in [0.15, 0.2) is 0 Å². The average molecular weight is 301 g/mol. The van der Waals surface area contributed by atoms with Crippen LogP contribution in [0.1, 0.15) is 11.1 Å². The third-order valence-corrected chi connectivity index (χ3v) is 3.15. The smallest absolute Gasteiger partial charge is 0.318 e. The van der Waals surface area contributed by atoms with Crippen LogP contribution in [0.5, 0.6) is 0 Å². The number of halogens is 1. The Morgan fingerprint density at radius 3 is 2.48 bits per heavy atom. The highest BCUT2D eigenvalue weighted by molar-refractivity contribution is 6.30. The quantitative estimate of drug-likeness (QED) is 0.865. The molecule has 0 unspecified atom stereocenters. The molecule has 0 saturated heterocycles. The lowest BCUT2D eigenvalue weighted by molar-refractivity contribution is 0.244. The van der Waals surface area contributed by atoms with Crippen LogP contribution in [-0.4, -0.2) is 12.6 Å². The van der Waals surface area contributed by atoms with E-state index in [1.807, 2.05) is 48.5 Å². The van der Waals surface area contributed by atoms with E-state index in [4.69, 9.17) is 11.6 Å². The summed E-state index contributed by atoms with van der Waals surface area (Å²) in [5.41, 5.74) is 2.18. The van der Waals surface area contributed by atoms with Gasteiger partial charge in [-0.2, -0.15) is 0 Å². The topological polar surface area (TPSA) is 41.1 Å². The largest absolute Gasteiger partial charge is 0.338 e. The minimum absolute atomic E-state index is 0.212. The zero-order chi connectivity index (χ0) is 14.9. The number of urea groups is 1. The van der Waals surface area contributed by atoms with Crippen molar-refractivity contribution >= 4 is 23.7 Å². The molecular weight excluding hydrogens is 284 g/mol. The standard InChI is InChI=1S/C17H17ClN2O/c18-16-8-6-15(7-9-16)11-13-20-17(21)19-12-10-14-4-2-1-3-5-14/h1-9,11,13H,10,12H2,(H2,19,20,21)/b13-11+. The van der Waals surface area contributed by atoms with E-state index >= 15 is 0 Å². The zero-order valence-electron chi connectivity index (χ0n) is 11.6. The van der Waals surface area contributed by atoms with Crippen LogP contribution in [-0.2, 0) is 6.42 Å². The lowest BCUT2D eigenvalue weighted by atomic mass is 10.1. The second kappa shape index (κ2) is 8.12. The molecule has 2 aromatic carbocycles. The summed E-state index contributed by atoms with van der Waals surface area (Å²) in [6.07, 6.45) is 4.24. The SMILES string of the molecule is O=C(N/C=C/c1ccc(Cl)cc1)NCCc1ccccc1. The van der Waals surface area contributed by atoms with E-state index in [0.29, 0.717) is 11.6 Å². The molecule has 0 saturated carbocycles. The van der Waals surface area contributed by atoms with Gasteiger partial charge in [-0.25, -0.2) is 4.79 Å². The van der Waals surface area contributed by atoms with Crippen molar-refractivity contribution in [3.05, 3.63) is 76.9 Å². The zero-order valence-corrected chi connectivity index (χ0v) is 12.3. The van der Waals surface area contributed by atoms with Crippen molar-refractivity contribution in [1.29, 1.82) is 0 Å². The fraction of sp³-hybridized carbons (Fsp3) is 0.118. The molecule has 0 aliphatic carbocycles. The number of hydrogen-bond donors (Lipinski definition) is 2. The highest BCUT2D eigenvalue weighted by Gasteiger charge is 1.97. The maximum absolute atomic E-state index is 11.6. The second-order valence-electron chi connectivity index (χ2n) is 4.52. The lowest BCUT2D eigenvalue weighted by Gasteiger charge is -2.04. The van der Waals surface area contributed by atoms with Gasteiger partial charge < -0.3 is 10.6 Å². The molecule has 3 nitrogen and oxygen atoms in total. The summed E-state index contributed by atoms with van der Waals surface area (Å²) >= 11 is 5.80. The second-order valence-corrected chi connectivity index (χ2v) is 4.96. The minimum Gasteiger partial charge on any atom is -0.338 e. The van der Waals surface area contributed by atoms with Crippen LogP contribution in [0.2, 0.25) is 5.02 Å². The van der Waals surface area contributed by atoms with Crippen LogP contribution in [0.3, 0.4) is 0 Å². The molecule has 0 heterocycles. The van der Waals surface area contributed by atoms with E-state index in [0.717, 1.165) is 12.0 Å². The van der Waals surface area contributed by atoms with E-state index in [1.165, 1.54) is 5.56 Å². The molecule has 2 aromatic rings. The van der Waals surface area contributed by atoms with Crippen LogP contribution >= 0.6 is 11.6 Å². The van der Waals surface area contributed by atoms with E-state index in [9.17, 15) is 4.79 Å². The first-order valence-electron chi connectivity index (χ1n) is 6.74. The third kappa shape index (κ3) is 5.71. The lowest BCUT2D eigenvalue weighted by Crippen LogP contribution is -2.33. The van der Waals surface area contributed by atoms with Crippen LogP contribution in [0.25, 0.3) is 6.08 Å². The summed E-state index contributed by atoms with van der Waals surface area (Å²) < 4.78 is 0. The van der Waals surface area contributed by atoms with Crippen molar-refractivity contribution in [3.8, 4) is 0 Å². The maximum atomic E-state index is 11.6. The number of amides is 2. The van der Waals surface area contributed by atoms with Crippen molar-refractivity contribution < 1.29 is 4.79 Å². The highest BCUT2D eigenvalue weighted by atomic mass is 35.5. The summed E-state index contributed by atoms with van der Waals surface area (Å²) in [5.74, 6) is 0. The van der Waals surface area contributed by atoms with Crippen molar-refractivity contribution in [2.75, 3.05) is 6.54 Å². The van der Waals surface area contributed by atoms with Gasteiger partial charge in [0.2, 0.25) is 0 Å². The number of carbonyl (C=O) groups is 1. The molecule has 0 fully saturated rings. The molecule has 0 spiro atoms. The molecule has 0 aliphatic heterocycles. The predicted octanol–water partition coefficient (Wildman–Crippen LogP) is 3.85. The molecule has 0 atom stereocenters. The number of rotatable bonds is 5. The number of benzene rings is 2. The first-order valence-corrected chi connectivity index (χ1v) is 7.12. The Morgan fingerprint density at radius 1 is 1.05 bits per heavy atom. The van der Waals surface area contributed by atoms with Gasteiger partial charge in [-0.05, 0) is 35.8 Å². The fourth-order valence-corrected chi connectivity index (χ4v) is 1.93. The Labute approximate surface area is 129 Å². The first kappa shape index (κ1) is 15.1. The Morgan fingerprint density at radius 2 is 1.76 bits per heavy atom. The molecule has 0 aliphatic rings. The van der Waals surface area contributed by atoms with E-state index < -0.39 is 0 Å². The molecule has 0 aromatic heterocycles. The van der Waals surface area contributed by atoms with Gasteiger partial charge in [0.1, 0.15) is 0 Å². The molecule has 108 valence electrons. The van der Waals surface area contributed by atoms with Crippen LogP contribution in [0, 0.1) is 0 Å². The van der Waals surface area contributed by atoms with Gasteiger partial charge in [-0.1, -0.05) is 54.1 Å². The monoisotopic (exact) mass is 300 g/mol. The van der Waals surface area contributed by atoms with Gasteiger partial charge in [0.25, 0.3) is 0 Å². The van der Waals surface area contributed by atoms with E-state index in [2.05, 4.69) is 10.6 Å². The Hall–Kier alpha value is -2.26. The fourth-order valence-electron chi connectivity index (χ4n) is 1.80. The minimum atomic E-state index is -0.212. The third-order valence-electron chi connectivity index (χ3n) is 2.90. The highest BCUT2D eigenvalue weighted by Crippen LogP contribution is 2.10. The van der Waals surface area contributed by atoms with Gasteiger partial charge >= 0.3 is 6.03 Å². The molecule has 2 amide bonds. The van der Waals surface area contributed by atoms with Gasteiger partial charge in [0, 0.05) is 17.8 Å². The summed E-state index contributed by atoms with van der Waals surface area (Å²) in [7, 11) is 0. The molecule has 2 rings (SSSR count). The van der Waals surface area contributed by atoms with Crippen molar-refractivity contribution in [3.63, 3.8) is 0 Å². The van der Waals surface area contributed by atoms with Crippen LogP contribution in [0.4, 0.5) is 4.79 Å². The first-order chi connectivity index (χ1) is 10.2. The summed E-state index contributed by atoms with van der Waals surface area (Å²) in [5, 5.41) is 6.17. The molecule has 21 heavy (non-hydrogen) atoms. The van der Waals surface area contributed by atoms with Gasteiger partial charge in [0.05, 0.1) is 0 Å². The summed E-state index contributed by atoms with van der Waals surface area (Å²) in [6, 6.07) is 17.2. The van der Waals surface area contributed by atoms with E-state index in [1.54, 1.807) is 18.3 Å². The Balaban J connectivity index is 1.69. The number of hydrogen-bond acceptors (Lipinski definition) is 1. The molecular formula is C17H17ClN2O. The summed E-state index contributed by atoms with van der Waals surface area (Å²) in [4.78, 5) is 11.6. The molecule has 0 bridgehead atoms. The van der Waals surface area contributed by atoms with Crippen molar-refractivity contribution in [2.24, 2.45) is 0 Å². The normalized spacial score (nSPS) is 10.5. The molecule has 4 heteroatoms. The Bertz CT molecular complexity index is 594. The predicted molar refractivity (Wildman–Crippen MR) is 87.2 cm³/mol. The molecule has 0 radical (unpaired) electrons. The number of carbonyl (C=O) groups excluding carboxylic acids is 1. The van der Waals surface area contributed by atoms with Gasteiger partial charge in [-0.15, -0.1) is 0 Å². The number of nitrogens with one attached hydrogen (secondary N) is 2. The van der Waals surface area contributed by atoms with Crippen molar-refractivity contribution in [2.45, 2.75) is 6.42 Å². The average Bonchev–Trinajstić information content (AvgIpc) is 2.50. The van der Waals surface area contributed by atoms with E-state index in [-0.39, 0.29) is 6.03 Å². The van der Waals surface area contributed by atoms with Gasteiger partial charge in [-0.3, -0.25) is 0 Å². The maximum Gasteiger partial charge on any atom is 0.318 e. The molecule has 2 N–H and O–H groups in total. The van der Waals surface area contributed by atoms with Crippen LogP contribution in [0.15, 0.2) is 60.8 Å². The summed E-state index contributed by atoms with van der Waals surface area (Å²) in [6.45, 7) is 0.602. The Kier molecular flexibility index (Phi) is 5.85. The van der Waals surface area contributed by atoms with Crippen molar-refractivity contribution in [1.82, 2.24) is 10.6 Å².